The van der Waals surface area contributed by atoms with Gasteiger partial charge in [-0.05, 0) is 6.92 Å². The van der Waals surface area contributed by atoms with Crippen LogP contribution >= 0.6 is 0 Å². The summed E-state index contributed by atoms with van der Waals surface area (Å²) in [4.78, 5) is 14.1. The van der Waals surface area contributed by atoms with Crippen molar-refractivity contribution in [3.05, 3.63) is 0 Å². The molecule has 64 valence electrons. The standard InChI is InChI=1S/C6H13N3O2/c1-4(10)5(11)2-3-9-6(7)8/h5,11H,2-3H2,1H3,(H4,7,8,9)/t5-/m0/s1. The summed E-state index contributed by atoms with van der Waals surface area (Å²) in [6.07, 6.45) is -0.675. The summed E-state index contributed by atoms with van der Waals surface area (Å²) in [5.74, 6) is -0.295. The van der Waals surface area contributed by atoms with Crippen molar-refractivity contribution in [2.45, 2.75) is 19.4 Å². The van der Waals surface area contributed by atoms with E-state index in [1.807, 2.05) is 0 Å². The Kier molecular flexibility index (Phi) is 4.21. The van der Waals surface area contributed by atoms with Crippen molar-refractivity contribution in [2.75, 3.05) is 6.54 Å². The quantitative estimate of drug-likeness (QED) is 0.347. The van der Waals surface area contributed by atoms with Gasteiger partial charge in [0.2, 0.25) is 0 Å². The number of aliphatic hydroxyl groups excluding tert-OH is 1. The lowest BCUT2D eigenvalue weighted by Gasteiger charge is -2.02. The molecule has 0 fully saturated rings. The van der Waals surface area contributed by atoms with Crippen molar-refractivity contribution >= 4 is 11.7 Å². The number of carbonyl (C=O) groups is 1. The fourth-order valence-corrected chi connectivity index (χ4v) is 0.519. The lowest BCUT2D eigenvalue weighted by molar-refractivity contribution is -0.125. The molecule has 0 aromatic heterocycles. The van der Waals surface area contributed by atoms with E-state index in [1.54, 1.807) is 0 Å². The van der Waals surface area contributed by atoms with Gasteiger partial charge in [0, 0.05) is 13.0 Å². The number of nitrogens with two attached hydrogens (primary N) is 2. The monoisotopic (exact) mass is 159 g/mol. The highest BCUT2D eigenvalue weighted by molar-refractivity contribution is 5.80. The van der Waals surface area contributed by atoms with E-state index in [-0.39, 0.29) is 24.7 Å². The number of Topliss-reactive ketones (excluding diaryl/α,β-unsaturated/α-hetero) is 1. The molecule has 0 spiro atoms. The Morgan fingerprint density at radius 1 is 1.64 bits per heavy atom. The average molecular weight is 159 g/mol. The summed E-state index contributed by atoms with van der Waals surface area (Å²) in [5.41, 5.74) is 10.0. The molecule has 0 aromatic rings. The van der Waals surface area contributed by atoms with Crippen molar-refractivity contribution in [2.24, 2.45) is 16.5 Å². The number of hydrogen-bond acceptors (Lipinski definition) is 3. The van der Waals surface area contributed by atoms with Crippen LogP contribution in [0.5, 0.6) is 0 Å². The van der Waals surface area contributed by atoms with Gasteiger partial charge in [0.25, 0.3) is 0 Å². The SMILES string of the molecule is CC(=O)[C@@H](O)CCN=C(N)N. The van der Waals surface area contributed by atoms with Crippen molar-refractivity contribution < 1.29 is 9.90 Å². The number of aliphatic imine (C=N–C) groups is 1. The fraction of sp³-hybridized carbons (Fsp3) is 0.667. The van der Waals surface area contributed by atoms with Gasteiger partial charge in [0.1, 0.15) is 6.10 Å². The minimum Gasteiger partial charge on any atom is -0.385 e. The van der Waals surface area contributed by atoms with Gasteiger partial charge in [0.15, 0.2) is 11.7 Å². The summed E-state index contributed by atoms with van der Waals surface area (Å²) in [6, 6.07) is 0. The van der Waals surface area contributed by atoms with Gasteiger partial charge in [-0.1, -0.05) is 0 Å². The van der Waals surface area contributed by atoms with Crippen molar-refractivity contribution in [3.8, 4) is 0 Å². The Hall–Kier alpha value is -1.10. The largest absolute Gasteiger partial charge is 0.385 e. The molecular weight excluding hydrogens is 146 g/mol. The second-order valence-corrected chi connectivity index (χ2v) is 2.22. The van der Waals surface area contributed by atoms with E-state index in [0.29, 0.717) is 0 Å². The summed E-state index contributed by atoms with van der Waals surface area (Å²) in [7, 11) is 0. The third-order valence-electron chi connectivity index (χ3n) is 1.17. The number of nitrogens with zero attached hydrogens (tertiary/aromatic N) is 1. The molecule has 0 saturated heterocycles. The van der Waals surface area contributed by atoms with Crippen LogP contribution < -0.4 is 11.5 Å². The van der Waals surface area contributed by atoms with E-state index >= 15 is 0 Å². The van der Waals surface area contributed by atoms with Crippen LogP contribution in [0.1, 0.15) is 13.3 Å². The Labute approximate surface area is 65.1 Å². The van der Waals surface area contributed by atoms with Crippen LogP contribution in [0.3, 0.4) is 0 Å². The molecule has 5 heteroatoms. The summed E-state index contributed by atoms with van der Waals surface area (Å²) >= 11 is 0. The molecule has 0 aliphatic heterocycles. The molecule has 11 heavy (non-hydrogen) atoms. The Morgan fingerprint density at radius 2 is 2.18 bits per heavy atom. The van der Waals surface area contributed by atoms with Crippen LogP contribution in [0.2, 0.25) is 0 Å². The first-order valence-corrected chi connectivity index (χ1v) is 3.28. The van der Waals surface area contributed by atoms with Gasteiger partial charge in [-0.25, -0.2) is 0 Å². The third kappa shape index (κ3) is 5.35. The van der Waals surface area contributed by atoms with Crippen molar-refractivity contribution in [3.63, 3.8) is 0 Å². The second-order valence-electron chi connectivity index (χ2n) is 2.22. The lowest BCUT2D eigenvalue weighted by Crippen LogP contribution is -2.24. The van der Waals surface area contributed by atoms with E-state index < -0.39 is 6.10 Å². The molecule has 0 rings (SSSR count). The number of rotatable bonds is 4. The third-order valence-corrected chi connectivity index (χ3v) is 1.17. The maximum atomic E-state index is 10.5. The number of hydrogen-bond donors (Lipinski definition) is 3. The number of ketones is 1. The average Bonchev–Trinajstić information content (AvgIpc) is 1.86. The molecule has 0 saturated carbocycles. The first-order valence-electron chi connectivity index (χ1n) is 3.28. The molecule has 0 bridgehead atoms. The highest BCUT2D eigenvalue weighted by Gasteiger charge is 2.07. The fourth-order valence-electron chi connectivity index (χ4n) is 0.519. The first kappa shape index (κ1) is 9.90. The van der Waals surface area contributed by atoms with Crippen LogP contribution in [-0.2, 0) is 4.79 Å². The summed E-state index contributed by atoms with van der Waals surface area (Å²) in [6.45, 7) is 1.60. The Balaban J connectivity index is 3.55. The Morgan fingerprint density at radius 3 is 2.55 bits per heavy atom. The maximum absolute atomic E-state index is 10.5. The summed E-state index contributed by atoms with van der Waals surface area (Å²) < 4.78 is 0. The minimum absolute atomic E-state index is 0.0271. The van der Waals surface area contributed by atoms with E-state index in [0.717, 1.165) is 0 Å². The maximum Gasteiger partial charge on any atom is 0.185 e. The molecule has 0 unspecified atom stereocenters. The zero-order valence-corrected chi connectivity index (χ0v) is 6.45. The van der Waals surface area contributed by atoms with Gasteiger partial charge in [0.05, 0.1) is 0 Å². The lowest BCUT2D eigenvalue weighted by atomic mass is 10.2. The number of aliphatic hydroxyl groups is 1. The molecule has 5 N–H and O–H groups in total. The molecule has 5 nitrogen and oxygen atoms in total. The van der Waals surface area contributed by atoms with Crippen LogP contribution in [0.15, 0.2) is 4.99 Å². The molecule has 0 aliphatic rings. The van der Waals surface area contributed by atoms with E-state index in [1.165, 1.54) is 6.92 Å². The molecule has 0 aromatic carbocycles. The summed E-state index contributed by atoms with van der Waals surface area (Å²) in [5, 5.41) is 8.94. The van der Waals surface area contributed by atoms with Crippen LogP contribution in [-0.4, -0.2) is 29.5 Å². The molecule has 1 atom stereocenters. The number of guanidine groups is 1. The van der Waals surface area contributed by atoms with E-state index in [9.17, 15) is 4.79 Å². The molecule has 0 aliphatic carbocycles. The minimum atomic E-state index is -0.946. The van der Waals surface area contributed by atoms with Crippen LogP contribution in [0, 0.1) is 0 Å². The second kappa shape index (κ2) is 4.68. The van der Waals surface area contributed by atoms with Gasteiger partial charge in [-0.3, -0.25) is 9.79 Å². The zero-order chi connectivity index (χ0) is 8.85. The van der Waals surface area contributed by atoms with Gasteiger partial charge < -0.3 is 16.6 Å². The van der Waals surface area contributed by atoms with Crippen molar-refractivity contribution in [1.82, 2.24) is 0 Å². The van der Waals surface area contributed by atoms with Gasteiger partial charge in [-0.2, -0.15) is 0 Å². The zero-order valence-electron chi connectivity index (χ0n) is 6.45. The first-order chi connectivity index (χ1) is 5.04. The van der Waals surface area contributed by atoms with Crippen LogP contribution in [0.4, 0.5) is 0 Å². The van der Waals surface area contributed by atoms with E-state index in [2.05, 4.69) is 4.99 Å². The number of carbonyl (C=O) groups excluding carboxylic acids is 1. The molecule has 0 amide bonds. The van der Waals surface area contributed by atoms with Gasteiger partial charge in [-0.15, -0.1) is 0 Å². The van der Waals surface area contributed by atoms with Crippen molar-refractivity contribution in [1.29, 1.82) is 0 Å². The van der Waals surface area contributed by atoms with Gasteiger partial charge >= 0.3 is 0 Å². The molecule has 0 heterocycles. The Bertz CT molecular complexity index is 163. The molecule has 0 radical (unpaired) electrons. The predicted octanol–water partition coefficient (Wildman–Crippen LogP) is -1.40. The highest BCUT2D eigenvalue weighted by atomic mass is 16.3. The predicted molar refractivity (Wildman–Crippen MR) is 42.0 cm³/mol. The molecular formula is C6H13N3O2. The van der Waals surface area contributed by atoms with E-state index in [4.69, 9.17) is 16.6 Å². The highest BCUT2D eigenvalue weighted by Crippen LogP contribution is 1.92. The topological polar surface area (TPSA) is 102 Å². The smallest absolute Gasteiger partial charge is 0.185 e. The van der Waals surface area contributed by atoms with Crippen LogP contribution in [0.25, 0.3) is 0 Å². The normalized spacial score (nSPS) is 12.2.